The van der Waals surface area contributed by atoms with Gasteiger partial charge in [0.1, 0.15) is 11.8 Å². The van der Waals surface area contributed by atoms with Crippen molar-refractivity contribution in [1.29, 1.82) is 0 Å². The van der Waals surface area contributed by atoms with E-state index < -0.39 is 12.0 Å². The molecule has 0 unspecified atom stereocenters. The van der Waals surface area contributed by atoms with Gasteiger partial charge in [0.05, 0.1) is 13.2 Å². The lowest BCUT2D eigenvalue weighted by Crippen LogP contribution is -2.30. The minimum absolute atomic E-state index is 0.0615. The highest BCUT2D eigenvalue weighted by molar-refractivity contribution is 6.30. The first-order valence-corrected chi connectivity index (χ1v) is 8.72. The number of hydrogen-bond donors (Lipinski definition) is 2. The van der Waals surface area contributed by atoms with Gasteiger partial charge in [-0.15, -0.1) is 0 Å². The van der Waals surface area contributed by atoms with E-state index in [4.69, 9.17) is 20.9 Å². The summed E-state index contributed by atoms with van der Waals surface area (Å²) < 4.78 is 10.4. The summed E-state index contributed by atoms with van der Waals surface area (Å²) in [7, 11) is 0. The molecular weight excluding hydrogens is 370 g/mol. The SMILES string of the molecule is CCOC(=O)[C@@H](NCc1nc(-c2ccc(Cl)cc2)no1)c1cccc(O)c1. The largest absolute Gasteiger partial charge is 0.508 e. The molecule has 0 fully saturated rings. The molecule has 3 rings (SSSR count). The van der Waals surface area contributed by atoms with Crippen molar-refractivity contribution in [3.8, 4) is 17.1 Å². The van der Waals surface area contributed by atoms with E-state index in [1.54, 1.807) is 43.3 Å². The van der Waals surface area contributed by atoms with Gasteiger partial charge in [0.15, 0.2) is 0 Å². The molecule has 0 radical (unpaired) electrons. The Kier molecular flexibility index (Phi) is 6.05. The summed E-state index contributed by atoms with van der Waals surface area (Å²) in [5, 5.41) is 17.3. The molecule has 140 valence electrons. The van der Waals surface area contributed by atoms with Gasteiger partial charge in [0.2, 0.25) is 11.7 Å². The molecule has 2 aromatic carbocycles. The molecule has 0 saturated carbocycles. The molecule has 0 aliphatic rings. The third kappa shape index (κ3) is 4.84. The highest BCUT2D eigenvalue weighted by Crippen LogP contribution is 2.21. The maximum absolute atomic E-state index is 12.3. The Labute approximate surface area is 160 Å². The maximum atomic E-state index is 12.3. The Morgan fingerprint density at radius 1 is 1.30 bits per heavy atom. The zero-order valence-corrected chi connectivity index (χ0v) is 15.3. The Morgan fingerprint density at radius 2 is 2.07 bits per heavy atom. The molecule has 0 aliphatic heterocycles. The molecule has 3 aromatic rings. The van der Waals surface area contributed by atoms with E-state index in [1.165, 1.54) is 12.1 Å². The average molecular weight is 388 g/mol. The van der Waals surface area contributed by atoms with Crippen LogP contribution in [0.1, 0.15) is 24.4 Å². The topological polar surface area (TPSA) is 97.5 Å². The minimum Gasteiger partial charge on any atom is -0.508 e. The molecule has 0 saturated heterocycles. The van der Waals surface area contributed by atoms with E-state index in [1.807, 2.05) is 0 Å². The summed E-state index contributed by atoms with van der Waals surface area (Å²) in [6.45, 7) is 2.13. The molecule has 1 atom stereocenters. The summed E-state index contributed by atoms with van der Waals surface area (Å²) in [6, 6.07) is 12.7. The zero-order valence-electron chi connectivity index (χ0n) is 14.6. The number of carbonyl (C=O) groups is 1. The van der Waals surface area contributed by atoms with Crippen LogP contribution in [0.25, 0.3) is 11.4 Å². The molecule has 1 heterocycles. The smallest absolute Gasteiger partial charge is 0.327 e. The zero-order chi connectivity index (χ0) is 19.2. The van der Waals surface area contributed by atoms with E-state index in [0.29, 0.717) is 22.3 Å². The standard InChI is InChI=1S/C19H18ClN3O4/c1-2-26-19(25)17(13-4-3-5-15(24)10-13)21-11-16-22-18(23-27-16)12-6-8-14(20)9-7-12/h3-10,17,21,24H,2,11H2,1H3/t17-/m0/s1. The molecule has 7 nitrogen and oxygen atoms in total. The number of ether oxygens (including phenoxy) is 1. The van der Waals surface area contributed by atoms with Crippen LogP contribution in [0.4, 0.5) is 0 Å². The van der Waals surface area contributed by atoms with Crippen LogP contribution in [-0.2, 0) is 16.1 Å². The van der Waals surface area contributed by atoms with Crippen LogP contribution in [0, 0.1) is 0 Å². The molecule has 2 N–H and O–H groups in total. The van der Waals surface area contributed by atoms with Crippen molar-refractivity contribution >= 4 is 17.6 Å². The number of esters is 1. The van der Waals surface area contributed by atoms with Crippen LogP contribution in [0.5, 0.6) is 5.75 Å². The van der Waals surface area contributed by atoms with Crippen LogP contribution in [0.2, 0.25) is 5.02 Å². The first kappa shape index (κ1) is 18.9. The van der Waals surface area contributed by atoms with Gasteiger partial charge in [-0.2, -0.15) is 4.98 Å². The van der Waals surface area contributed by atoms with E-state index in [0.717, 1.165) is 5.56 Å². The second-order valence-electron chi connectivity index (χ2n) is 5.68. The molecule has 0 aliphatic carbocycles. The summed E-state index contributed by atoms with van der Waals surface area (Å²) in [6.07, 6.45) is 0. The normalized spacial score (nSPS) is 11.9. The van der Waals surface area contributed by atoms with E-state index >= 15 is 0 Å². The first-order chi connectivity index (χ1) is 13.1. The number of aromatic nitrogens is 2. The van der Waals surface area contributed by atoms with Crippen LogP contribution in [-0.4, -0.2) is 27.8 Å². The lowest BCUT2D eigenvalue weighted by Gasteiger charge is -2.16. The van der Waals surface area contributed by atoms with Crippen LogP contribution in [0.3, 0.4) is 0 Å². The van der Waals surface area contributed by atoms with Gasteiger partial charge < -0.3 is 14.4 Å². The van der Waals surface area contributed by atoms with Crippen molar-refractivity contribution in [2.45, 2.75) is 19.5 Å². The van der Waals surface area contributed by atoms with Crippen molar-refractivity contribution in [2.24, 2.45) is 0 Å². The molecule has 0 spiro atoms. The fourth-order valence-corrected chi connectivity index (χ4v) is 2.63. The number of nitrogens with zero attached hydrogens (tertiary/aromatic N) is 2. The molecule has 1 aromatic heterocycles. The number of phenolic OH excluding ortho intramolecular Hbond substituents is 1. The lowest BCUT2D eigenvalue weighted by atomic mass is 10.1. The third-order valence-corrected chi connectivity index (χ3v) is 4.01. The Balaban J connectivity index is 1.73. The molecular formula is C19H18ClN3O4. The van der Waals surface area contributed by atoms with Gasteiger partial charge >= 0.3 is 5.97 Å². The van der Waals surface area contributed by atoms with Crippen LogP contribution in [0.15, 0.2) is 53.1 Å². The van der Waals surface area contributed by atoms with Crippen molar-refractivity contribution < 1.29 is 19.2 Å². The van der Waals surface area contributed by atoms with Crippen LogP contribution < -0.4 is 5.32 Å². The van der Waals surface area contributed by atoms with Gasteiger partial charge in [-0.3, -0.25) is 5.32 Å². The van der Waals surface area contributed by atoms with E-state index in [2.05, 4.69) is 15.5 Å². The number of halogens is 1. The highest BCUT2D eigenvalue weighted by atomic mass is 35.5. The number of aromatic hydroxyl groups is 1. The fraction of sp³-hybridized carbons (Fsp3) is 0.211. The minimum atomic E-state index is -0.775. The monoisotopic (exact) mass is 387 g/mol. The van der Waals surface area contributed by atoms with Gasteiger partial charge in [-0.05, 0) is 48.9 Å². The van der Waals surface area contributed by atoms with Crippen molar-refractivity contribution in [3.63, 3.8) is 0 Å². The number of rotatable bonds is 7. The molecule has 0 bridgehead atoms. The Morgan fingerprint density at radius 3 is 2.78 bits per heavy atom. The van der Waals surface area contributed by atoms with Crippen LogP contribution >= 0.6 is 11.6 Å². The third-order valence-electron chi connectivity index (χ3n) is 3.75. The predicted molar refractivity (Wildman–Crippen MR) is 99.1 cm³/mol. The Hall–Kier alpha value is -2.90. The quantitative estimate of drug-likeness (QED) is 0.599. The molecule has 0 amide bonds. The number of nitrogens with one attached hydrogen (secondary N) is 1. The first-order valence-electron chi connectivity index (χ1n) is 8.34. The van der Waals surface area contributed by atoms with Gasteiger partial charge in [0.25, 0.3) is 0 Å². The summed E-state index contributed by atoms with van der Waals surface area (Å²) in [5.74, 6) is 0.342. The summed E-state index contributed by atoms with van der Waals surface area (Å²) in [4.78, 5) is 16.6. The maximum Gasteiger partial charge on any atom is 0.327 e. The highest BCUT2D eigenvalue weighted by Gasteiger charge is 2.23. The lowest BCUT2D eigenvalue weighted by molar-refractivity contribution is -0.145. The summed E-state index contributed by atoms with van der Waals surface area (Å²) in [5.41, 5.74) is 1.34. The molecule has 8 heteroatoms. The number of hydrogen-bond acceptors (Lipinski definition) is 7. The Bertz CT molecular complexity index is 911. The predicted octanol–water partition coefficient (Wildman–Crippen LogP) is 3.49. The summed E-state index contributed by atoms with van der Waals surface area (Å²) >= 11 is 5.88. The van der Waals surface area contributed by atoms with Crippen molar-refractivity contribution in [2.75, 3.05) is 6.61 Å². The van der Waals surface area contributed by atoms with Crippen molar-refractivity contribution in [3.05, 3.63) is 65.0 Å². The van der Waals surface area contributed by atoms with Gasteiger partial charge in [0, 0.05) is 10.6 Å². The second-order valence-corrected chi connectivity index (χ2v) is 6.12. The van der Waals surface area contributed by atoms with E-state index in [9.17, 15) is 9.90 Å². The van der Waals surface area contributed by atoms with Gasteiger partial charge in [-0.1, -0.05) is 28.9 Å². The van der Waals surface area contributed by atoms with E-state index in [-0.39, 0.29) is 18.9 Å². The number of carbonyl (C=O) groups excluding carboxylic acids is 1. The number of benzene rings is 2. The number of phenols is 1. The van der Waals surface area contributed by atoms with Gasteiger partial charge in [-0.25, -0.2) is 4.79 Å². The average Bonchev–Trinajstić information content (AvgIpc) is 3.12. The van der Waals surface area contributed by atoms with Crippen molar-refractivity contribution in [1.82, 2.24) is 15.5 Å². The second kappa shape index (κ2) is 8.66. The fourth-order valence-electron chi connectivity index (χ4n) is 2.50. The molecule has 27 heavy (non-hydrogen) atoms.